The lowest BCUT2D eigenvalue weighted by atomic mass is 9.78. The van der Waals surface area contributed by atoms with Crippen molar-refractivity contribution < 1.29 is 64.7 Å². The molecule has 2 saturated heterocycles. The normalized spacial score (nSPS) is 18.2. The van der Waals surface area contributed by atoms with Gasteiger partial charge >= 0.3 is 0 Å². The molecule has 5 fully saturated rings. The number of benzene rings is 6. The topological polar surface area (TPSA) is 257 Å². The van der Waals surface area contributed by atoms with Gasteiger partial charge in [-0.2, -0.15) is 8.61 Å². The Kier molecular flexibility index (Phi) is 22.0. The maximum absolute atomic E-state index is 13.5. The highest BCUT2D eigenvalue weighted by molar-refractivity contribution is 7.89. The minimum absolute atomic E-state index is 0. The smallest absolute Gasteiger partial charge is 0.243 e. The number of piperazine rings is 1. The number of halogens is 1. The van der Waals surface area contributed by atoms with Crippen LogP contribution in [0.3, 0.4) is 0 Å². The SMILES string of the molecule is Cc1nc(CC(=O)C2(c3ccc4c(c3)OCO4)CC2)ccc1-c1cccc(C(C)C)c1.O=C(Cc1cccc(-c2ccc(S(=O)(=O)N3CCN(CCO)CC3)cc2)n1)C1(c2ccc3c(c2)OCO3)CC1.O=C(Nc1cccc(-c2ccc(S(=O)(=O)N3CCC[C@@H]3CO)cc2)n1)C1(c2ccc(Cl)cc2)CCCC1.[HH].[HH].[HH]. The van der Waals surface area contributed by atoms with Gasteiger partial charge in [-0.15, -0.1) is 0 Å². The van der Waals surface area contributed by atoms with Gasteiger partial charge in [0.15, 0.2) is 23.0 Å². The molecule has 23 heteroatoms. The number of hydrogen-bond acceptors (Lipinski definition) is 17. The molecule has 3 aliphatic carbocycles. The van der Waals surface area contributed by atoms with Crippen molar-refractivity contribution in [3.8, 4) is 56.6 Å². The predicted octanol–water partition coefficient (Wildman–Crippen LogP) is 14.1. The lowest BCUT2D eigenvalue weighted by Crippen LogP contribution is -2.49. The maximum atomic E-state index is 13.5. The molecular formula is C84H94ClN7O13S2. The highest BCUT2D eigenvalue weighted by atomic mass is 35.5. The van der Waals surface area contributed by atoms with Gasteiger partial charge < -0.3 is 34.5 Å². The molecule has 3 N–H and O–H groups in total. The molecule has 6 aromatic carbocycles. The van der Waals surface area contributed by atoms with E-state index in [2.05, 4.69) is 59.4 Å². The van der Waals surface area contributed by atoms with Crippen LogP contribution in [0.5, 0.6) is 23.0 Å². The predicted molar refractivity (Wildman–Crippen MR) is 415 cm³/mol. The van der Waals surface area contributed by atoms with Gasteiger partial charge in [0.05, 0.1) is 50.6 Å². The number of aliphatic hydroxyl groups is 2. The van der Waals surface area contributed by atoms with Crippen LogP contribution in [-0.2, 0) is 63.5 Å². The molecule has 0 radical (unpaired) electrons. The first-order valence-corrected chi connectivity index (χ1v) is 40.1. The number of aliphatic hydroxyl groups excluding tert-OH is 2. The Bertz CT molecular complexity index is 5020. The summed E-state index contributed by atoms with van der Waals surface area (Å²) in [5.74, 6) is 4.08. The van der Waals surface area contributed by atoms with Crippen molar-refractivity contribution in [1.29, 1.82) is 0 Å². The third-order valence-corrected chi connectivity index (χ3v) is 26.2. The molecule has 0 spiro atoms. The van der Waals surface area contributed by atoms with E-state index in [1.807, 2.05) is 104 Å². The molecule has 1 atom stereocenters. The van der Waals surface area contributed by atoms with Crippen molar-refractivity contribution in [2.75, 3.05) is 71.4 Å². The van der Waals surface area contributed by atoms with Crippen molar-refractivity contribution in [2.45, 2.75) is 136 Å². The number of amides is 1. The van der Waals surface area contributed by atoms with Crippen LogP contribution in [-0.4, -0.2) is 145 Å². The van der Waals surface area contributed by atoms with E-state index in [0.717, 1.165) is 114 Å². The zero-order chi connectivity index (χ0) is 74.7. The summed E-state index contributed by atoms with van der Waals surface area (Å²) >= 11 is 6.07. The van der Waals surface area contributed by atoms with E-state index in [1.54, 1.807) is 54.6 Å². The zero-order valence-electron chi connectivity index (χ0n) is 60.3. The van der Waals surface area contributed by atoms with Gasteiger partial charge in [-0.25, -0.2) is 21.8 Å². The number of pyridine rings is 3. The van der Waals surface area contributed by atoms with Crippen LogP contribution in [0.25, 0.3) is 33.6 Å². The Morgan fingerprint density at radius 2 is 1.09 bits per heavy atom. The van der Waals surface area contributed by atoms with Gasteiger partial charge in [0, 0.05) is 101 Å². The van der Waals surface area contributed by atoms with Crippen LogP contribution in [0.2, 0.25) is 5.02 Å². The minimum atomic E-state index is -3.68. The Morgan fingerprint density at radius 3 is 1.65 bits per heavy atom. The molecule has 562 valence electrons. The summed E-state index contributed by atoms with van der Waals surface area (Å²) in [7, 11) is -7.28. The second-order valence-electron chi connectivity index (χ2n) is 29.0. The quantitative estimate of drug-likeness (QED) is 0.0570. The average molecular weight is 1510 g/mol. The van der Waals surface area contributed by atoms with Crippen molar-refractivity contribution in [3.63, 3.8) is 0 Å². The van der Waals surface area contributed by atoms with Crippen molar-refractivity contribution in [1.82, 2.24) is 28.5 Å². The van der Waals surface area contributed by atoms with Crippen molar-refractivity contribution in [3.05, 3.63) is 226 Å². The summed E-state index contributed by atoms with van der Waals surface area (Å²) in [6.07, 6.45) is 8.83. The van der Waals surface area contributed by atoms with Crippen LogP contribution in [0.4, 0.5) is 5.82 Å². The Balaban J connectivity index is 0.000000162. The van der Waals surface area contributed by atoms with E-state index < -0.39 is 36.3 Å². The minimum Gasteiger partial charge on any atom is -0.454 e. The van der Waals surface area contributed by atoms with Crippen molar-refractivity contribution >= 4 is 54.9 Å². The molecule has 1 amide bonds. The highest BCUT2D eigenvalue weighted by Gasteiger charge is 2.52. The van der Waals surface area contributed by atoms with Gasteiger partial charge in [0.25, 0.3) is 0 Å². The number of hydrogen-bond donors (Lipinski definition) is 3. The molecule has 20 nitrogen and oxygen atoms in total. The molecule has 0 unspecified atom stereocenters. The molecule has 0 bridgehead atoms. The third-order valence-electron chi connectivity index (χ3n) is 22.0. The number of aryl methyl sites for hydroxylation is 1. The average Bonchev–Trinajstić information content (AvgIpc) is 1.59. The summed E-state index contributed by atoms with van der Waals surface area (Å²) in [5.41, 5.74) is 10.4. The molecular weight excluding hydrogens is 1410 g/mol. The van der Waals surface area contributed by atoms with Gasteiger partial charge in [-0.1, -0.05) is 129 Å². The van der Waals surface area contributed by atoms with Crippen LogP contribution >= 0.6 is 11.6 Å². The monoisotopic (exact) mass is 1510 g/mol. The molecule has 4 aliphatic heterocycles. The summed E-state index contributed by atoms with van der Waals surface area (Å²) in [6.45, 7) is 9.72. The Morgan fingerprint density at radius 1 is 0.551 bits per heavy atom. The fourth-order valence-corrected chi connectivity index (χ4v) is 18.6. The van der Waals surface area contributed by atoms with Gasteiger partial charge in [-0.3, -0.25) is 29.3 Å². The number of ether oxygens (including phenoxy) is 4. The highest BCUT2D eigenvalue weighted by Crippen LogP contribution is 2.53. The molecule has 107 heavy (non-hydrogen) atoms. The summed E-state index contributed by atoms with van der Waals surface area (Å²) in [4.78, 5) is 56.9. The fraction of sp³-hybridized carbons (Fsp3) is 0.357. The number of nitrogens with one attached hydrogen (secondary N) is 1. The first-order chi connectivity index (χ1) is 51.7. The zero-order valence-corrected chi connectivity index (χ0v) is 62.7. The molecule has 7 aliphatic rings. The fourth-order valence-electron chi connectivity index (χ4n) is 15.4. The number of carbonyl (C=O) groups is 3. The summed E-state index contributed by atoms with van der Waals surface area (Å²) < 4.78 is 77.1. The summed E-state index contributed by atoms with van der Waals surface area (Å²) in [6, 6.07) is 55.8. The number of rotatable bonds is 22. The largest absolute Gasteiger partial charge is 0.454 e. The van der Waals surface area contributed by atoms with E-state index in [4.69, 9.17) is 45.6 Å². The van der Waals surface area contributed by atoms with E-state index in [9.17, 15) is 36.3 Å². The van der Waals surface area contributed by atoms with E-state index in [-0.39, 0.29) is 70.8 Å². The number of aromatic nitrogens is 3. The number of sulfonamides is 2. The lowest BCUT2D eigenvalue weighted by molar-refractivity contribution is -0.122. The first kappa shape index (κ1) is 74.6. The van der Waals surface area contributed by atoms with E-state index in [0.29, 0.717) is 97.4 Å². The summed E-state index contributed by atoms with van der Waals surface area (Å²) in [5, 5.41) is 22.3. The second kappa shape index (κ2) is 31.5. The number of Topliss-reactive ketones (excluding diaryl/α,β-unsaturated/α-hetero) is 2. The lowest BCUT2D eigenvalue weighted by Gasteiger charge is -2.33. The number of fused-ring (bicyclic) bond motifs is 2. The van der Waals surface area contributed by atoms with Gasteiger partial charge in [0.1, 0.15) is 17.4 Å². The molecule has 9 aromatic rings. The van der Waals surface area contributed by atoms with Crippen molar-refractivity contribution in [2.24, 2.45) is 0 Å². The Labute approximate surface area is 634 Å². The molecule has 3 saturated carbocycles. The van der Waals surface area contributed by atoms with Crippen LogP contribution in [0.1, 0.15) is 128 Å². The number of nitrogens with zero attached hydrogens (tertiary/aromatic N) is 6. The second-order valence-corrected chi connectivity index (χ2v) is 33.3. The van der Waals surface area contributed by atoms with Crippen LogP contribution in [0.15, 0.2) is 192 Å². The third kappa shape index (κ3) is 15.9. The number of anilines is 1. The number of carbonyl (C=O) groups excluding carboxylic acids is 3. The van der Waals surface area contributed by atoms with E-state index >= 15 is 0 Å². The van der Waals surface area contributed by atoms with Gasteiger partial charge in [0.2, 0.25) is 39.5 Å². The number of ketones is 2. The molecule has 3 aromatic heterocycles. The maximum Gasteiger partial charge on any atom is 0.243 e. The molecule has 7 heterocycles. The molecule has 16 rings (SSSR count). The van der Waals surface area contributed by atoms with Crippen LogP contribution < -0.4 is 24.3 Å². The van der Waals surface area contributed by atoms with E-state index in [1.165, 1.54) is 19.7 Å². The Hall–Kier alpha value is -9.23. The van der Waals surface area contributed by atoms with Gasteiger partial charge in [-0.05, 0) is 183 Å². The first-order valence-electron chi connectivity index (χ1n) is 36.8. The standard InChI is InChI=1S/C29H31N3O6S.C28H30ClN3O4S.C27H27NO3.3H2/c33-17-16-31-12-14-32(15-13-31)39(35,36)24-7-4-21(5-8-24)25-3-1-2-23(30-25)19-28(34)29(10-11-29)22-6-9-26-27(18-22)38-20-37-26;29-22-12-10-21(11-13-22)28(16-1-2-17-28)27(34)31-26-7-3-6-25(30-26)20-8-14-24(15-9-20)37(35,36)32-18-4-5-23(32)19-33;1-17(2)19-5-4-6-20(13-19)23-9-8-22(28-18(23)3)15-26(29)27(11-12-27)21-7-10-24-25(14-21)31-16-30-24;;;/h1-9,18,33H,10-17,19-20H2;3,6-15,23,33H,1-2,4-5,16-19H2,(H,30,31,34);4-10,13-14,17H,11-12,15-16H2,1-3H3;3*1H/t;23-;;;;/m.1..../s1. The van der Waals surface area contributed by atoms with Crippen LogP contribution in [0, 0.1) is 6.92 Å². The number of β-amino-alcohol motifs (C(OH)–C–C–N with tert-alkyl or cyclic N) is 1.